The van der Waals surface area contributed by atoms with Gasteiger partial charge in [-0.05, 0) is 81.1 Å². The van der Waals surface area contributed by atoms with Crippen molar-refractivity contribution < 1.29 is 18.7 Å². The Balaban J connectivity index is 1.55. The van der Waals surface area contributed by atoms with E-state index in [1.807, 2.05) is 42.5 Å². The van der Waals surface area contributed by atoms with Crippen molar-refractivity contribution in [1.29, 1.82) is 0 Å². The molecule has 0 radical (unpaired) electrons. The van der Waals surface area contributed by atoms with E-state index in [4.69, 9.17) is 9.47 Å². The number of carbonyl (C=O) groups is 1. The molecule has 0 saturated carbocycles. The summed E-state index contributed by atoms with van der Waals surface area (Å²) in [6.45, 7) is 3.77. The first-order valence-corrected chi connectivity index (χ1v) is 14.8. The molecular formula is C30H23Br2FN2O4S. The van der Waals surface area contributed by atoms with Crippen LogP contribution >= 0.6 is 43.2 Å². The third-order valence-corrected chi connectivity index (χ3v) is 8.44. The highest BCUT2D eigenvalue weighted by Gasteiger charge is 2.33. The molecule has 0 unspecified atom stereocenters. The summed E-state index contributed by atoms with van der Waals surface area (Å²) in [7, 11) is 0. The summed E-state index contributed by atoms with van der Waals surface area (Å²) in [4.78, 5) is 31.9. The fraction of sp³-hybridized carbons (Fsp3) is 0.167. The Bertz CT molecular complexity index is 1790. The zero-order valence-corrected chi connectivity index (χ0v) is 25.5. The summed E-state index contributed by atoms with van der Waals surface area (Å²) < 4.78 is 28.5. The Morgan fingerprint density at radius 1 is 1.10 bits per heavy atom. The lowest BCUT2D eigenvalue weighted by atomic mass is 9.96. The molecule has 3 aromatic carbocycles. The van der Waals surface area contributed by atoms with Crippen LogP contribution in [-0.2, 0) is 16.1 Å². The van der Waals surface area contributed by atoms with E-state index in [1.54, 1.807) is 42.7 Å². The van der Waals surface area contributed by atoms with Crippen LogP contribution in [0.5, 0.6) is 5.75 Å². The molecule has 0 fully saturated rings. The highest BCUT2D eigenvalue weighted by Crippen LogP contribution is 2.36. The Labute approximate surface area is 250 Å². The highest BCUT2D eigenvalue weighted by atomic mass is 79.9. The Kier molecular flexibility index (Phi) is 8.48. The number of carbonyl (C=O) groups excluding carboxylic acids is 1. The molecule has 10 heteroatoms. The number of rotatable bonds is 7. The van der Waals surface area contributed by atoms with Gasteiger partial charge in [-0.2, -0.15) is 0 Å². The van der Waals surface area contributed by atoms with E-state index >= 15 is 0 Å². The summed E-state index contributed by atoms with van der Waals surface area (Å²) in [5.74, 6) is -0.316. The van der Waals surface area contributed by atoms with Gasteiger partial charge in [-0.25, -0.2) is 14.2 Å². The van der Waals surface area contributed by atoms with Crippen molar-refractivity contribution in [1.82, 2.24) is 4.57 Å². The first kappa shape index (κ1) is 28.2. The maximum Gasteiger partial charge on any atom is 0.338 e. The topological polar surface area (TPSA) is 69.9 Å². The van der Waals surface area contributed by atoms with Gasteiger partial charge in [0.05, 0.1) is 37.4 Å². The SMILES string of the molecule is CCOC(=O)C1=C(C)N=c2s/c(=C/c3cc(Br)c(OCc4ccccc4F)c(Br)c3)c(=O)n2[C@@H]1c1ccccc1. The van der Waals surface area contributed by atoms with Crippen molar-refractivity contribution >= 4 is 55.2 Å². The molecule has 0 amide bonds. The van der Waals surface area contributed by atoms with Crippen LogP contribution < -0.4 is 19.6 Å². The van der Waals surface area contributed by atoms with Crippen molar-refractivity contribution in [3.8, 4) is 5.75 Å². The van der Waals surface area contributed by atoms with Gasteiger partial charge in [-0.15, -0.1) is 0 Å². The predicted molar refractivity (Wildman–Crippen MR) is 159 cm³/mol. The molecule has 4 aromatic rings. The van der Waals surface area contributed by atoms with Crippen molar-refractivity contribution in [2.75, 3.05) is 6.61 Å². The molecule has 2 heterocycles. The van der Waals surface area contributed by atoms with Crippen LogP contribution in [0.15, 0.2) is 96.7 Å². The van der Waals surface area contributed by atoms with Crippen LogP contribution in [0.2, 0.25) is 0 Å². The zero-order valence-electron chi connectivity index (χ0n) is 21.5. The van der Waals surface area contributed by atoms with Crippen LogP contribution in [0, 0.1) is 5.82 Å². The lowest BCUT2D eigenvalue weighted by Gasteiger charge is -2.24. The summed E-state index contributed by atoms with van der Waals surface area (Å²) >= 11 is 8.33. The summed E-state index contributed by atoms with van der Waals surface area (Å²) in [6.07, 6.45) is 1.77. The Morgan fingerprint density at radius 2 is 1.77 bits per heavy atom. The van der Waals surface area contributed by atoms with Crippen LogP contribution in [0.1, 0.15) is 36.6 Å². The molecule has 1 aromatic heterocycles. The molecule has 5 rings (SSSR count). The van der Waals surface area contributed by atoms with Gasteiger partial charge in [0.1, 0.15) is 18.2 Å². The quantitative estimate of drug-likeness (QED) is 0.223. The van der Waals surface area contributed by atoms with Gasteiger partial charge in [-0.3, -0.25) is 9.36 Å². The molecule has 0 bridgehead atoms. The largest absolute Gasteiger partial charge is 0.486 e. The van der Waals surface area contributed by atoms with Crippen molar-refractivity contribution in [2.24, 2.45) is 4.99 Å². The third-order valence-electron chi connectivity index (χ3n) is 6.28. The molecule has 1 aliphatic heterocycles. The number of hydrogen-bond acceptors (Lipinski definition) is 6. The fourth-order valence-corrected chi connectivity index (χ4v) is 6.96. The number of esters is 1. The molecule has 6 nitrogen and oxygen atoms in total. The van der Waals surface area contributed by atoms with Crippen molar-refractivity contribution in [3.63, 3.8) is 0 Å². The number of allylic oxidation sites excluding steroid dienone is 1. The standard InChI is InChI=1S/C30H23Br2FN2O4S/c1-3-38-29(37)25-17(2)34-30-35(26(25)19-9-5-4-6-10-19)28(36)24(40-30)15-18-13-21(31)27(22(32)14-18)39-16-20-11-7-8-12-23(20)33/h4-15,26H,3,16H2,1-2H3/b24-15+/t26-/m1/s1. The van der Waals surface area contributed by atoms with Crippen molar-refractivity contribution in [2.45, 2.75) is 26.5 Å². The lowest BCUT2D eigenvalue weighted by molar-refractivity contribution is -0.139. The molecule has 0 N–H and O–H groups in total. The number of nitrogens with zero attached hydrogens (tertiary/aromatic N) is 2. The summed E-state index contributed by atoms with van der Waals surface area (Å²) in [6, 6.07) is 18.8. The number of hydrogen-bond donors (Lipinski definition) is 0. The predicted octanol–water partition coefficient (Wildman–Crippen LogP) is 6.04. The van der Waals surface area contributed by atoms with Gasteiger partial charge in [0.2, 0.25) is 0 Å². The van der Waals surface area contributed by atoms with Gasteiger partial charge in [0.25, 0.3) is 5.56 Å². The lowest BCUT2D eigenvalue weighted by Crippen LogP contribution is -2.39. The molecule has 204 valence electrons. The molecule has 1 atom stereocenters. The van der Waals surface area contributed by atoms with E-state index < -0.39 is 12.0 Å². The third kappa shape index (κ3) is 5.61. The smallest absolute Gasteiger partial charge is 0.338 e. The number of halogens is 3. The Morgan fingerprint density at radius 3 is 2.45 bits per heavy atom. The molecular weight excluding hydrogens is 663 g/mol. The maximum atomic E-state index is 14.0. The monoisotopic (exact) mass is 684 g/mol. The minimum Gasteiger partial charge on any atom is -0.486 e. The molecule has 0 aliphatic carbocycles. The van der Waals surface area contributed by atoms with E-state index in [9.17, 15) is 14.0 Å². The van der Waals surface area contributed by atoms with Gasteiger partial charge in [0.15, 0.2) is 4.80 Å². The van der Waals surface area contributed by atoms with Crippen molar-refractivity contribution in [3.05, 3.63) is 129 Å². The first-order valence-electron chi connectivity index (χ1n) is 12.4. The zero-order chi connectivity index (χ0) is 28.4. The molecule has 0 saturated heterocycles. The second-order valence-corrected chi connectivity index (χ2v) is 11.6. The van der Waals surface area contributed by atoms with Crippen LogP contribution in [0.4, 0.5) is 4.39 Å². The highest BCUT2D eigenvalue weighted by molar-refractivity contribution is 9.11. The van der Waals surface area contributed by atoms with Gasteiger partial charge < -0.3 is 9.47 Å². The maximum absolute atomic E-state index is 14.0. The van der Waals surface area contributed by atoms with E-state index in [0.29, 0.717) is 40.9 Å². The van der Waals surface area contributed by atoms with E-state index in [2.05, 4.69) is 36.9 Å². The minimum absolute atomic E-state index is 0.0590. The summed E-state index contributed by atoms with van der Waals surface area (Å²) in [5.41, 5.74) is 2.56. The fourth-order valence-electron chi connectivity index (χ4n) is 4.46. The van der Waals surface area contributed by atoms with E-state index in [-0.39, 0.29) is 24.6 Å². The second kappa shape index (κ2) is 12.0. The number of fused-ring (bicyclic) bond motifs is 1. The minimum atomic E-state index is -0.661. The average Bonchev–Trinajstić information content (AvgIpc) is 3.23. The molecule has 0 spiro atoms. The second-order valence-electron chi connectivity index (χ2n) is 8.91. The van der Waals surface area contributed by atoms with Gasteiger partial charge in [-0.1, -0.05) is 59.9 Å². The molecule has 1 aliphatic rings. The molecule has 40 heavy (non-hydrogen) atoms. The number of ether oxygens (including phenoxy) is 2. The van der Waals surface area contributed by atoms with Gasteiger partial charge in [0, 0.05) is 5.56 Å². The van der Waals surface area contributed by atoms with Crippen LogP contribution in [0.3, 0.4) is 0 Å². The number of thiazole rings is 1. The van der Waals surface area contributed by atoms with Crippen LogP contribution in [-0.4, -0.2) is 17.1 Å². The van der Waals surface area contributed by atoms with E-state index in [0.717, 1.165) is 11.1 Å². The summed E-state index contributed by atoms with van der Waals surface area (Å²) in [5, 5.41) is 0. The van der Waals surface area contributed by atoms with Crippen LogP contribution in [0.25, 0.3) is 6.08 Å². The first-order chi connectivity index (χ1) is 19.3. The number of benzene rings is 3. The van der Waals surface area contributed by atoms with Gasteiger partial charge >= 0.3 is 5.97 Å². The van der Waals surface area contributed by atoms with E-state index in [1.165, 1.54) is 17.4 Å². The normalized spacial score (nSPS) is 15.0. The average molecular weight is 686 g/mol. The number of aromatic nitrogens is 1. The Hall–Kier alpha value is -3.34.